The van der Waals surface area contributed by atoms with Crippen LogP contribution in [0.15, 0.2) is 83.8 Å². The monoisotopic (exact) mass is 579 g/mol. The Morgan fingerprint density at radius 3 is 2.12 bits per heavy atom. The Balaban J connectivity index is 1.66. The first-order valence-corrected chi connectivity index (χ1v) is 15.6. The van der Waals surface area contributed by atoms with Crippen LogP contribution >= 0.6 is 0 Å². The molecule has 1 aliphatic carbocycles. The fourth-order valence-electron chi connectivity index (χ4n) is 5.08. The number of halogens is 1. The van der Waals surface area contributed by atoms with Crippen molar-refractivity contribution in [1.29, 1.82) is 0 Å². The number of nitrogens with one attached hydrogen (secondary N) is 1. The predicted molar refractivity (Wildman–Crippen MR) is 158 cm³/mol. The molecule has 3 aromatic rings. The first-order valence-electron chi connectivity index (χ1n) is 14.2. The number of carbonyl (C=O) groups excluding carboxylic acids is 2. The Kier molecular flexibility index (Phi) is 10.2. The number of anilines is 1. The van der Waals surface area contributed by atoms with E-state index in [-0.39, 0.29) is 23.4 Å². The van der Waals surface area contributed by atoms with E-state index in [4.69, 9.17) is 0 Å². The van der Waals surface area contributed by atoms with Gasteiger partial charge in [-0.1, -0.05) is 68.7 Å². The highest BCUT2D eigenvalue weighted by Gasteiger charge is 2.33. The van der Waals surface area contributed by atoms with Gasteiger partial charge in [0.25, 0.3) is 10.0 Å². The quantitative estimate of drug-likeness (QED) is 0.327. The molecule has 0 unspecified atom stereocenters. The lowest BCUT2D eigenvalue weighted by atomic mass is 9.95. The average molecular weight is 580 g/mol. The van der Waals surface area contributed by atoms with Crippen LogP contribution in [-0.4, -0.2) is 43.8 Å². The lowest BCUT2D eigenvalue weighted by Gasteiger charge is -2.33. The van der Waals surface area contributed by atoms with E-state index in [0.717, 1.165) is 48.4 Å². The van der Waals surface area contributed by atoms with Crippen LogP contribution in [0.3, 0.4) is 0 Å². The molecule has 9 heteroatoms. The number of sulfonamides is 1. The molecular weight excluding hydrogens is 541 g/mol. The summed E-state index contributed by atoms with van der Waals surface area (Å²) < 4.78 is 42.4. The zero-order chi connectivity index (χ0) is 29.4. The summed E-state index contributed by atoms with van der Waals surface area (Å²) in [5, 5.41) is 3.08. The number of hydrogen-bond donors (Lipinski definition) is 1. The van der Waals surface area contributed by atoms with E-state index in [1.54, 1.807) is 49.4 Å². The number of hydrogen-bond acceptors (Lipinski definition) is 4. The van der Waals surface area contributed by atoms with E-state index in [9.17, 15) is 22.4 Å². The lowest BCUT2D eigenvalue weighted by Crippen LogP contribution is -2.53. The van der Waals surface area contributed by atoms with Crippen LogP contribution in [0.2, 0.25) is 0 Å². The summed E-state index contributed by atoms with van der Waals surface area (Å²) in [5.74, 6) is -1.25. The summed E-state index contributed by atoms with van der Waals surface area (Å²) >= 11 is 0. The molecule has 7 nitrogen and oxygen atoms in total. The zero-order valence-electron chi connectivity index (χ0n) is 23.6. The minimum atomic E-state index is -4.11. The van der Waals surface area contributed by atoms with Gasteiger partial charge >= 0.3 is 0 Å². The van der Waals surface area contributed by atoms with E-state index in [1.807, 2.05) is 19.1 Å². The Hall–Kier alpha value is -3.72. The summed E-state index contributed by atoms with van der Waals surface area (Å²) in [4.78, 5) is 28.8. The van der Waals surface area contributed by atoms with Crippen molar-refractivity contribution in [2.24, 2.45) is 0 Å². The minimum Gasteiger partial charge on any atom is -0.352 e. The molecule has 1 fully saturated rings. The van der Waals surface area contributed by atoms with Gasteiger partial charge in [0.15, 0.2) is 0 Å². The summed E-state index contributed by atoms with van der Waals surface area (Å²) in [5.41, 5.74) is 2.00. The van der Waals surface area contributed by atoms with Gasteiger partial charge in [0.1, 0.15) is 18.4 Å². The van der Waals surface area contributed by atoms with Gasteiger partial charge in [-0.2, -0.15) is 0 Å². The van der Waals surface area contributed by atoms with Gasteiger partial charge in [-0.15, -0.1) is 0 Å². The largest absolute Gasteiger partial charge is 0.352 e. The summed E-state index contributed by atoms with van der Waals surface area (Å²) in [7, 11) is -4.11. The molecule has 218 valence electrons. The molecule has 1 aliphatic rings. The maximum atomic E-state index is 14.0. The van der Waals surface area contributed by atoms with Gasteiger partial charge in [0.2, 0.25) is 11.8 Å². The van der Waals surface area contributed by atoms with E-state index in [0.29, 0.717) is 11.3 Å². The SMILES string of the molecule is CCc1ccc(N(CC(=O)N(Cc2ccc(F)cc2)[C@@H](C)C(=O)NC2CCCCC2)S(=O)(=O)c2ccccc2)cc1. The van der Waals surface area contributed by atoms with Crippen LogP contribution in [0, 0.1) is 5.82 Å². The molecule has 0 heterocycles. The summed E-state index contributed by atoms with van der Waals surface area (Å²) in [6, 6.07) is 19.9. The molecule has 3 aromatic carbocycles. The van der Waals surface area contributed by atoms with Crippen molar-refractivity contribution in [3.63, 3.8) is 0 Å². The number of amides is 2. The van der Waals surface area contributed by atoms with Crippen molar-refractivity contribution in [3.8, 4) is 0 Å². The van der Waals surface area contributed by atoms with Gasteiger partial charge in [0, 0.05) is 12.6 Å². The number of carbonyl (C=O) groups is 2. The molecule has 0 saturated heterocycles. The molecule has 1 saturated carbocycles. The van der Waals surface area contributed by atoms with Crippen molar-refractivity contribution < 1.29 is 22.4 Å². The highest BCUT2D eigenvalue weighted by Crippen LogP contribution is 2.25. The molecule has 1 N–H and O–H groups in total. The first-order chi connectivity index (χ1) is 19.7. The van der Waals surface area contributed by atoms with Gasteiger partial charge in [-0.3, -0.25) is 13.9 Å². The van der Waals surface area contributed by atoms with Crippen molar-refractivity contribution in [2.45, 2.75) is 75.9 Å². The zero-order valence-corrected chi connectivity index (χ0v) is 24.4. The fourth-order valence-corrected chi connectivity index (χ4v) is 6.52. The number of benzene rings is 3. The Labute approximate surface area is 242 Å². The topological polar surface area (TPSA) is 86.8 Å². The highest BCUT2D eigenvalue weighted by atomic mass is 32.2. The predicted octanol–water partition coefficient (Wildman–Crippen LogP) is 5.45. The second-order valence-corrected chi connectivity index (χ2v) is 12.4. The Morgan fingerprint density at radius 2 is 1.51 bits per heavy atom. The molecule has 0 bridgehead atoms. The lowest BCUT2D eigenvalue weighted by molar-refractivity contribution is -0.139. The Morgan fingerprint density at radius 1 is 0.902 bits per heavy atom. The molecule has 0 aliphatic heterocycles. The van der Waals surface area contributed by atoms with Crippen LogP contribution in [0.25, 0.3) is 0 Å². The van der Waals surface area contributed by atoms with Crippen LogP contribution in [0.4, 0.5) is 10.1 Å². The van der Waals surface area contributed by atoms with Crippen LogP contribution in [0.1, 0.15) is 57.1 Å². The number of aryl methyl sites for hydroxylation is 1. The molecular formula is C32H38FN3O4S. The van der Waals surface area contributed by atoms with Gasteiger partial charge in [-0.05, 0) is 73.7 Å². The van der Waals surface area contributed by atoms with Gasteiger partial charge in [0.05, 0.1) is 10.6 Å². The maximum absolute atomic E-state index is 14.0. The molecule has 1 atom stereocenters. The normalized spacial score (nSPS) is 14.7. The van der Waals surface area contributed by atoms with Crippen LogP contribution in [-0.2, 0) is 32.6 Å². The van der Waals surface area contributed by atoms with Crippen molar-refractivity contribution >= 4 is 27.5 Å². The average Bonchev–Trinajstić information content (AvgIpc) is 3.00. The second kappa shape index (κ2) is 13.8. The van der Waals surface area contributed by atoms with E-state index in [2.05, 4.69) is 5.32 Å². The highest BCUT2D eigenvalue weighted by molar-refractivity contribution is 7.92. The van der Waals surface area contributed by atoms with E-state index >= 15 is 0 Å². The van der Waals surface area contributed by atoms with Gasteiger partial charge in [-0.25, -0.2) is 12.8 Å². The first kappa shape index (κ1) is 30.2. The molecule has 0 aromatic heterocycles. The van der Waals surface area contributed by atoms with E-state index < -0.39 is 34.3 Å². The molecule has 41 heavy (non-hydrogen) atoms. The smallest absolute Gasteiger partial charge is 0.264 e. The summed E-state index contributed by atoms with van der Waals surface area (Å²) in [6.45, 7) is 3.16. The fraction of sp³-hybridized carbons (Fsp3) is 0.375. The minimum absolute atomic E-state index is 0.0202. The van der Waals surface area contributed by atoms with Crippen molar-refractivity contribution in [2.75, 3.05) is 10.8 Å². The van der Waals surface area contributed by atoms with E-state index in [1.165, 1.54) is 29.2 Å². The van der Waals surface area contributed by atoms with Crippen molar-refractivity contribution in [1.82, 2.24) is 10.2 Å². The second-order valence-electron chi connectivity index (χ2n) is 10.5. The van der Waals surface area contributed by atoms with Crippen molar-refractivity contribution in [3.05, 3.63) is 95.8 Å². The molecule has 4 rings (SSSR count). The van der Waals surface area contributed by atoms with Crippen LogP contribution in [0.5, 0.6) is 0 Å². The third kappa shape index (κ3) is 7.73. The maximum Gasteiger partial charge on any atom is 0.264 e. The molecule has 0 spiro atoms. The summed E-state index contributed by atoms with van der Waals surface area (Å²) in [6.07, 6.45) is 5.79. The van der Waals surface area contributed by atoms with Gasteiger partial charge < -0.3 is 10.2 Å². The molecule has 0 radical (unpaired) electrons. The van der Waals surface area contributed by atoms with Crippen LogP contribution < -0.4 is 9.62 Å². The number of nitrogens with zero attached hydrogens (tertiary/aromatic N) is 2. The molecule has 2 amide bonds. The number of rotatable bonds is 11. The third-order valence-corrected chi connectivity index (χ3v) is 9.42. The third-order valence-electron chi connectivity index (χ3n) is 7.63. The standard InChI is InChI=1S/C32H38FN3O4S/c1-3-25-16-20-29(21-17-25)36(41(39,40)30-12-8-5-9-13-30)23-31(37)35(22-26-14-18-27(33)19-15-26)24(2)32(38)34-28-10-6-4-7-11-28/h5,8-9,12-21,24,28H,3-4,6-7,10-11,22-23H2,1-2H3,(H,34,38)/t24-/m0/s1. The Bertz CT molecular complexity index is 1410.